The minimum atomic E-state index is 0.583. The number of fused-ring (bicyclic) bond motifs is 2. The molecule has 0 spiro atoms. The largest absolute Gasteiger partial charge is 0.303 e. The maximum Gasteiger partial charge on any atom is 0.0135 e. The average molecular weight is 305 g/mol. The summed E-state index contributed by atoms with van der Waals surface area (Å²) in [6.45, 7) is 6.02. The maximum atomic E-state index is 2.64. The van der Waals surface area contributed by atoms with Gasteiger partial charge in [-0.05, 0) is 66.9 Å². The first-order valence-electron chi connectivity index (χ1n) is 9.24. The molecule has 0 saturated carbocycles. The van der Waals surface area contributed by atoms with Crippen molar-refractivity contribution in [1.29, 1.82) is 0 Å². The van der Waals surface area contributed by atoms with E-state index in [1.807, 2.05) is 0 Å². The summed E-state index contributed by atoms with van der Waals surface area (Å²) in [5, 5.41) is 0. The minimum Gasteiger partial charge on any atom is -0.303 e. The lowest BCUT2D eigenvalue weighted by Crippen LogP contribution is -2.38. The lowest BCUT2D eigenvalue weighted by molar-refractivity contribution is 0.171. The maximum absolute atomic E-state index is 2.64. The van der Waals surface area contributed by atoms with E-state index in [2.05, 4.69) is 60.4 Å². The SMILES string of the molecule is CCN1CCCC(C2c3ccccc3CCc3ccccc32)C1. The van der Waals surface area contributed by atoms with Crippen LogP contribution in [0.3, 0.4) is 0 Å². The van der Waals surface area contributed by atoms with Crippen molar-refractivity contribution in [1.82, 2.24) is 4.90 Å². The Labute approximate surface area is 140 Å². The number of piperidine rings is 1. The van der Waals surface area contributed by atoms with E-state index in [0.717, 1.165) is 5.92 Å². The monoisotopic (exact) mass is 305 g/mol. The first-order chi connectivity index (χ1) is 11.4. The molecule has 23 heavy (non-hydrogen) atoms. The van der Waals surface area contributed by atoms with Crippen LogP contribution in [0.5, 0.6) is 0 Å². The van der Waals surface area contributed by atoms with Gasteiger partial charge >= 0.3 is 0 Å². The smallest absolute Gasteiger partial charge is 0.0135 e. The van der Waals surface area contributed by atoms with Gasteiger partial charge in [0, 0.05) is 12.5 Å². The Morgan fingerprint density at radius 3 is 2.13 bits per heavy atom. The van der Waals surface area contributed by atoms with Crippen LogP contribution in [0.4, 0.5) is 0 Å². The average Bonchev–Trinajstić information content (AvgIpc) is 2.78. The van der Waals surface area contributed by atoms with Crippen LogP contribution in [0.1, 0.15) is 47.9 Å². The Bertz CT molecular complexity index is 628. The second-order valence-corrected chi connectivity index (χ2v) is 7.17. The molecule has 1 heterocycles. The summed E-state index contributed by atoms with van der Waals surface area (Å²) in [6.07, 6.45) is 5.09. The Kier molecular flexibility index (Phi) is 4.22. The van der Waals surface area contributed by atoms with Crippen LogP contribution in [0.15, 0.2) is 48.5 Å². The number of likely N-dealkylation sites (tertiary alicyclic amines) is 1. The van der Waals surface area contributed by atoms with E-state index in [0.29, 0.717) is 5.92 Å². The van der Waals surface area contributed by atoms with E-state index < -0.39 is 0 Å². The fraction of sp³-hybridized carbons (Fsp3) is 0.455. The number of hydrogen-bond donors (Lipinski definition) is 0. The highest BCUT2D eigenvalue weighted by atomic mass is 15.1. The molecule has 0 bridgehead atoms. The predicted molar refractivity (Wildman–Crippen MR) is 97.0 cm³/mol. The van der Waals surface area contributed by atoms with Crippen molar-refractivity contribution in [3.05, 3.63) is 70.8 Å². The van der Waals surface area contributed by atoms with E-state index in [-0.39, 0.29) is 0 Å². The number of hydrogen-bond acceptors (Lipinski definition) is 1. The highest BCUT2D eigenvalue weighted by molar-refractivity contribution is 5.45. The van der Waals surface area contributed by atoms with Gasteiger partial charge < -0.3 is 4.90 Å². The number of aryl methyl sites for hydroxylation is 2. The van der Waals surface area contributed by atoms with Crippen LogP contribution in [-0.4, -0.2) is 24.5 Å². The second-order valence-electron chi connectivity index (χ2n) is 7.17. The minimum absolute atomic E-state index is 0.583. The van der Waals surface area contributed by atoms with E-state index in [4.69, 9.17) is 0 Å². The number of benzene rings is 2. The van der Waals surface area contributed by atoms with Gasteiger partial charge in [0.2, 0.25) is 0 Å². The molecule has 1 unspecified atom stereocenters. The summed E-state index contributed by atoms with van der Waals surface area (Å²) < 4.78 is 0. The van der Waals surface area contributed by atoms with Gasteiger partial charge in [-0.15, -0.1) is 0 Å². The summed E-state index contributed by atoms with van der Waals surface area (Å²) in [5.41, 5.74) is 6.34. The van der Waals surface area contributed by atoms with Crippen molar-refractivity contribution >= 4 is 0 Å². The zero-order chi connectivity index (χ0) is 15.6. The van der Waals surface area contributed by atoms with Crippen LogP contribution in [0.2, 0.25) is 0 Å². The zero-order valence-electron chi connectivity index (χ0n) is 14.2. The van der Waals surface area contributed by atoms with Crippen LogP contribution in [-0.2, 0) is 12.8 Å². The molecular formula is C22H27N. The van der Waals surface area contributed by atoms with Crippen molar-refractivity contribution in [2.45, 2.75) is 38.5 Å². The van der Waals surface area contributed by atoms with Gasteiger partial charge in [-0.1, -0.05) is 55.5 Å². The van der Waals surface area contributed by atoms with Crippen molar-refractivity contribution in [2.24, 2.45) is 5.92 Å². The molecule has 2 aromatic rings. The molecule has 4 rings (SSSR count). The van der Waals surface area contributed by atoms with Gasteiger partial charge in [-0.25, -0.2) is 0 Å². The Morgan fingerprint density at radius 2 is 1.52 bits per heavy atom. The van der Waals surface area contributed by atoms with E-state index in [1.165, 1.54) is 45.3 Å². The molecule has 2 aliphatic rings. The van der Waals surface area contributed by atoms with Crippen molar-refractivity contribution in [3.8, 4) is 0 Å². The lowest BCUT2D eigenvalue weighted by Gasteiger charge is -2.37. The van der Waals surface area contributed by atoms with Crippen LogP contribution in [0.25, 0.3) is 0 Å². The first kappa shape index (κ1) is 15.0. The molecule has 1 aliphatic heterocycles. The molecule has 2 aromatic carbocycles. The first-order valence-corrected chi connectivity index (χ1v) is 9.24. The third kappa shape index (κ3) is 2.83. The number of rotatable bonds is 2. The van der Waals surface area contributed by atoms with Gasteiger partial charge in [0.05, 0.1) is 0 Å². The van der Waals surface area contributed by atoms with Crippen molar-refractivity contribution in [2.75, 3.05) is 19.6 Å². The van der Waals surface area contributed by atoms with E-state index in [1.54, 1.807) is 22.3 Å². The Hall–Kier alpha value is -1.60. The van der Waals surface area contributed by atoms with Crippen molar-refractivity contribution < 1.29 is 0 Å². The molecule has 0 aromatic heterocycles. The fourth-order valence-corrected chi connectivity index (χ4v) is 4.73. The lowest BCUT2D eigenvalue weighted by atomic mass is 9.75. The van der Waals surface area contributed by atoms with Crippen LogP contribution in [0, 0.1) is 5.92 Å². The molecule has 1 fully saturated rings. The summed E-state index contributed by atoms with van der Waals surface area (Å²) in [5.74, 6) is 1.34. The summed E-state index contributed by atoms with van der Waals surface area (Å²) in [6, 6.07) is 18.4. The topological polar surface area (TPSA) is 3.24 Å². The van der Waals surface area contributed by atoms with Crippen molar-refractivity contribution in [3.63, 3.8) is 0 Å². The third-order valence-corrected chi connectivity index (χ3v) is 5.90. The van der Waals surface area contributed by atoms with Gasteiger partial charge in [0.1, 0.15) is 0 Å². The molecule has 0 N–H and O–H groups in total. The normalized spacial score (nSPS) is 22.2. The third-order valence-electron chi connectivity index (χ3n) is 5.90. The molecule has 0 amide bonds. The highest BCUT2D eigenvalue weighted by Crippen LogP contribution is 2.42. The Balaban J connectivity index is 1.80. The molecule has 1 atom stereocenters. The molecule has 1 nitrogen and oxygen atoms in total. The summed E-state index contributed by atoms with van der Waals surface area (Å²) in [7, 11) is 0. The molecule has 1 heteroatoms. The van der Waals surface area contributed by atoms with E-state index in [9.17, 15) is 0 Å². The summed E-state index contributed by atoms with van der Waals surface area (Å²) in [4.78, 5) is 2.64. The fourth-order valence-electron chi connectivity index (χ4n) is 4.73. The van der Waals surface area contributed by atoms with Crippen LogP contribution < -0.4 is 0 Å². The highest BCUT2D eigenvalue weighted by Gasteiger charge is 2.32. The molecular weight excluding hydrogens is 278 g/mol. The predicted octanol–water partition coefficient (Wildman–Crippen LogP) is 4.65. The van der Waals surface area contributed by atoms with Gasteiger partial charge in [-0.3, -0.25) is 0 Å². The van der Waals surface area contributed by atoms with E-state index >= 15 is 0 Å². The standard InChI is InChI=1S/C22H27N/c1-2-23-15-7-10-19(16-23)22-20-11-5-3-8-17(20)13-14-18-9-4-6-12-21(18)22/h3-6,8-9,11-12,19,22H,2,7,10,13-16H2,1H3. The Morgan fingerprint density at radius 1 is 0.913 bits per heavy atom. The van der Waals surface area contributed by atoms with Crippen LogP contribution >= 0.6 is 0 Å². The quantitative estimate of drug-likeness (QED) is 0.780. The van der Waals surface area contributed by atoms with Gasteiger partial charge in [0.15, 0.2) is 0 Å². The molecule has 0 radical (unpaired) electrons. The summed E-state index contributed by atoms with van der Waals surface area (Å²) >= 11 is 0. The zero-order valence-corrected chi connectivity index (χ0v) is 14.2. The second kappa shape index (κ2) is 6.49. The van der Waals surface area contributed by atoms with Gasteiger partial charge in [-0.2, -0.15) is 0 Å². The number of nitrogens with zero attached hydrogens (tertiary/aromatic N) is 1. The molecule has 120 valence electrons. The molecule has 1 saturated heterocycles. The van der Waals surface area contributed by atoms with Gasteiger partial charge in [0.25, 0.3) is 0 Å². The molecule has 1 aliphatic carbocycles.